The van der Waals surface area contributed by atoms with Crippen LogP contribution in [0.1, 0.15) is 39.7 Å². The number of hydrogen-bond donors (Lipinski definition) is 0. The number of amides is 1. The van der Waals surface area contributed by atoms with Gasteiger partial charge in [0, 0.05) is 23.0 Å². The number of β-lactam (4-membered cyclic amide) rings is 1. The number of thiocarbonyl (C=S) groups is 1. The van der Waals surface area contributed by atoms with Crippen molar-refractivity contribution in [1.29, 1.82) is 0 Å². The van der Waals surface area contributed by atoms with Crippen LogP contribution < -0.4 is 0 Å². The Kier molecular flexibility index (Phi) is 7.92. The Morgan fingerprint density at radius 1 is 1.29 bits per heavy atom. The van der Waals surface area contributed by atoms with Crippen LogP contribution in [-0.2, 0) is 30.4 Å². The lowest BCUT2D eigenvalue weighted by atomic mass is 9.92. The minimum absolute atomic E-state index is 0.00336. The van der Waals surface area contributed by atoms with Crippen molar-refractivity contribution >= 4 is 58.8 Å². The Morgan fingerprint density at radius 3 is 2.45 bits per heavy atom. The zero-order valence-electron chi connectivity index (χ0n) is 22.4. The molecule has 0 radical (unpaired) electrons. The number of ether oxygens (including phenoxy) is 1. The highest BCUT2D eigenvalue weighted by Gasteiger charge is 2.59. The van der Waals surface area contributed by atoms with Crippen LogP contribution in [0.2, 0.25) is 18.1 Å². The average Bonchev–Trinajstić information content (AvgIpc) is 3.33. The maximum absolute atomic E-state index is 13.5. The fourth-order valence-corrected chi connectivity index (χ4v) is 10.1. The van der Waals surface area contributed by atoms with Gasteiger partial charge in [0.15, 0.2) is 18.2 Å². The van der Waals surface area contributed by atoms with E-state index in [0.717, 1.165) is 4.91 Å². The molecule has 1 amide bonds. The zero-order valence-corrected chi connectivity index (χ0v) is 25.9. The van der Waals surface area contributed by atoms with Gasteiger partial charge in [-0.1, -0.05) is 20.8 Å². The topological polar surface area (TPSA) is 116 Å². The van der Waals surface area contributed by atoms with Crippen LogP contribution in [0.15, 0.2) is 34.9 Å². The molecular formula is C25H34N2O7S3Si. The molecular weight excluding hydrogens is 565 g/mol. The van der Waals surface area contributed by atoms with E-state index in [-0.39, 0.29) is 63.1 Å². The number of carbonyl (C=O) groups excluding carboxylic acids is 1. The molecule has 3 heterocycles. The third kappa shape index (κ3) is 5.58. The van der Waals surface area contributed by atoms with E-state index in [4.69, 9.17) is 21.4 Å². The predicted molar refractivity (Wildman–Crippen MR) is 154 cm³/mol. The average molecular weight is 599 g/mol. The molecule has 2 saturated heterocycles. The van der Waals surface area contributed by atoms with Crippen LogP contribution in [0, 0.1) is 22.0 Å². The minimum Gasteiger partial charge on any atom is -0.477 e. The lowest BCUT2D eigenvalue weighted by Crippen LogP contribution is -2.62. The quantitative estimate of drug-likeness (QED) is 0.134. The number of non-ortho nitro benzene ring substituents is 1. The van der Waals surface area contributed by atoms with Gasteiger partial charge >= 0.3 is 0 Å². The number of thioether (sulfide) groups is 1. The second kappa shape index (κ2) is 10.3. The highest BCUT2D eigenvalue weighted by molar-refractivity contribution is 8.04. The molecule has 3 aliphatic rings. The molecule has 2 fully saturated rings. The summed E-state index contributed by atoms with van der Waals surface area (Å²) in [6.07, 6.45) is 0.189. The van der Waals surface area contributed by atoms with Crippen molar-refractivity contribution in [2.45, 2.75) is 70.3 Å². The van der Waals surface area contributed by atoms with E-state index in [2.05, 4.69) is 33.9 Å². The zero-order chi connectivity index (χ0) is 28.2. The van der Waals surface area contributed by atoms with Gasteiger partial charge in [-0.15, -0.1) is 11.8 Å². The molecule has 0 N–H and O–H groups in total. The highest BCUT2D eigenvalue weighted by atomic mass is 32.2. The molecule has 13 heteroatoms. The number of rotatable bonds is 8. The van der Waals surface area contributed by atoms with Gasteiger partial charge in [-0.25, -0.2) is 8.42 Å². The smallest absolute Gasteiger partial charge is 0.269 e. The molecule has 1 aromatic rings. The summed E-state index contributed by atoms with van der Waals surface area (Å²) in [7, 11) is -5.27. The summed E-state index contributed by atoms with van der Waals surface area (Å²) in [6.45, 7) is 12.8. The van der Waals surface area contributed by atoms with E-state index in [1.165, 1.54) is 23.9 Å². The van der Waals surface area contributed by atoms with Gasteiger partial charge in [-0.3, -0.25) is 19.8 Å². The molecule has 38 heavy (non-hydrogen) atoms. The number of sulfone groups is 1. The fourth-order valence-electron chi connectivity index (χ4n) is 4.72. The monoisotopic (exact) mass is 598 g/mol. The van der Waals surface area contributed by atoms with Gasteiger partial charge in [-0.05, 0) is 61.4 Å². The third-order valence-corrected chi connectivity index (χ3v) is 16.1. The molecule has 4 atom stereocenters. The Labute approximate surface area is 234 Å². The molecule has 1 aromatic carbocycles. The van der Waals surface area contributed by atoms with Gasteiger partial charge in [-0.2, -0.15) is 0 Å². The van der Waals surface area contributed by atoms with Crippen molar-refractivity contribution < 1.29 is 27.3 Å². The van der Waals surface area contributed by atoms with Gasteiger partial charge < -0.3 is 9.16 Å². The van der Waals surface area contributed by atoms with Crippen LogP contribution in [0.25, 0.3) is 0 Å². The molecule has 0 saturated carbocycles. The first-order valence-corrected chi connectivity index (χ1v) is 18.6. The Morgan fingerprint density at radius 2 is 1.92 bits per heavy atom. The highest BCUT2D eigenvalue weighted by Crippen LogP contribution is 2.55. The molecule has 0 aromatic heterocycles. The number of nitro groups is 1. The lowest BCUT2D eigenvalue weighted by molar-refractivity contribution is -0.384. The van der Waals surface area contributed by atoms with Crippen LogP contribution in [-0.4, -0.2) is 60.5 Å². The van der Waals surface area contributed by atoms with Gasteiger partial charge in [0.1, 0.15) is 17.7 Å². The summed E-state index contributed by atoms with van der Waals surface area (Å²) in [6, 6.07) is 5.97. The number of nitro benzene ring substituents is 1. The second-order valence-electron chi connectivity index (χ2n) is 11.6. The molecule has 1 unspecified atom stereocenters. The predicted octanol–water partition coefficient (Wildman–Crippen LogP) is 5.03. The van der Waals surface area contributed by atoms with E-state index < -0.39 is 23.1 Å². The van der Waals surface area contributed by atoms with Crippen LogP contribution in [0.3, 0.4) is 0 Å². The van der Waals surface area contributed by atoms with E-state index in [9.17, 15) is 23.3 Å². The van der Waals surface area contributed by atoms with Crippen molar-refractivity contribution in [1.82, 2.24) is 4.90 Å². The number of nitrogens with zero attached hydrogens (tertiary/aromatic N) is 2. The molecule has 0 bridgehead atoms. The van der Waals surface area contributed by atoms with Gasteiger partial charge in [0.25, 0.3) is 5.69 Å². The first kappa shape index (κ1) is 29.2. The number of carbonyl (C=O) groups is 1. The molecule has 3 aliphatic heterocycles. The summed E-state index contributed by atoms with van der Waals surface area (Å²) < 4.78 is 37.0. The lowest BCUT2D eigenvalue weighted by Gasteiger charge is -2.48. The maximum atomic E-state index is 13.5. The number of fused-ring (bicyclic) bond motifs is 1. The van der Waals surface area contributed by atoms with Crippen LogP contribution >= 0.6 is 24.0 Å². The summed E-state index contributed by atoms with van der Waals surface area (Å²) in [4.78, 5) is 26.4. The van der Waals surface area contributed by atoms with Crippen molar-refractivity contribution in [3.8, 4) is 0 Å². The number of allylic oxidation sites excluding steroid dienone is 1. The van der Waals surface area contributed by atoms with Gasteiger partial charge in [0.2, 0.25) is 11.0 Å². The van der Waals surface area contributed by atoms with Crippen molar-refractivity contribution in [3.63, 3.8) is 0 Å². The number of benzene rings is 1. The molecule has 208 valence electrons. The van der Waals surface area contributed by atoms with Crippen LogP contribution in [0.5, 0.6) is 0 Å². The SMILES string of the molecule is C[C@@H](O[Si](C)(C)C(C)(C)C)[C@H]1C(=O)N2C(C(=S)OCc3ccc([N+](=O)[O-])cc3)=C(C3CCS(=O)(=O)C3)S[C@H]12. The number of hydrogen-bond acceptors (Lipinski definition) is 9. The summed E-state index contributed by atoms with van der Waals surface area (Å²) in [5, 5.41) is 10.8. The van der Waals surface area contributed by atoms with E-state index >= 15 is 0 Å². The van der Waals surface area contributed by atoms with Crippen molar-refractivity contribution in [2.75, 3.05) is 11.5 Å². The first-order chi connectivity index (χ1) is 17.5. The van der Waals surface area contributed by atoms with E-state index in [1.807, 2.05) is 6.92 Å². The maximum Gasteiger partial charge on any atom is 0.269 e. The second-order valence-corrected chi connectivity index (χ2v) is 20.2. The molecule has 0 spiro atoms. The van der Waals surface area contributed by atoms with E-state index in [0.29, 0.717) is 17.7 Å². The molecule has 9 nitrogen and oxygen atoms in total. The van der Waals surface area contributed by atoms with Gasteiger partial charge in [0.05, 0.1) is 28.5 Å². The summed E-state index contributed by atoms with van der Waals surface area (Å²) >= 11 is 7.15. The third-order valence-electron chi connectivity index (χ3n) is 7.91. The molecule has 4 rings (SSSR count). The summed E-state index contributed by atoms with van der Waals surface area (Å²) in [5.41, 5.74) is 1.15. The van der Waals surface area contributed by atoms with Crippen molar-refractivity contribution in [3.05, 3.63) is 50.5 Å². The fraction of sp³-hybridized carbons (Fsp3) is 0.600. The van der Waals surface area contributed by atoms with Crippen molar-refractivity contribution in [2.24, 2.45) is 11.8 Å². The van der Waals surface area contributed by atoms with Crippen LogP contribution in [0.4, 0.5) is 5.69 Å². The Bertz CT molecular complexity index is 1290. The normalized spacial score (nSPS) is 25.7. The summed E-state index contributed by atoms with van der Waals surface area (Å²) in [5.74, 6) is -0.563. The Balaban J connectivity index is 1.55. The molecule has 0 aliphatic carbocycles. The largest absolute Gasteiger partial charge is 0.477 e. The standard InChI is InChI=1S/C25H34N2O7S3Si/c1-15(34-38(5,6)25(2,3)4)19-22(28)26-20(21(36-23(19)26)17-11-12-37(31,32)14-17)24(35)33-13-16-7-9-18(10-8-16)27(29)30/h7-10,15,17,19,23H,11-14H2,1-6H3/t15-,17?,19+,23-/m1/s1. The Hall–Kier alpha value is -1.80. The van der Waals surface area contributed by atoms with E-state index in [1.54, 1.807) is 17.0 Å². The minimum atomic E-state index is -3.16. The first-order valence-electron chi connectivity index (χ1n) is 12.5.